The standard InChI is InChI=1S/C30H39N7O3/c1-5-6-7-30(39)37-18-16-36(17-19-37)27-13-10-25(20-32-27)24-8-11-26(12-9-24)40-29-22-31-21-28(33-29)35(4)15-14-34(3)23(2)38/h8-13,20-22H,5-7,14-19H2,1-4H3. The summed E-state index contributed by atoms with van der Waals surface area (Å²) in [5.74, 6) is 2.94. The molecule has 40 heavy (non-hydrogen) atoms. The van der Waals surface area contributed by atoms with E-state index in [4.69, 9.17) is 9.72 Å². The Bertz CT molecular complexity index is 1260. The Hall–Kier alpha value is -4.21. The third-order valence-electron chi connectivity index (χ3n) is 7.16. The maximum Gasteiger partial charge on any atom is 0.239 e. The first-order valence-electron chi connectivity index (χ1n) is 13.9. The van der Waals surface area contributed by atoms with E-state index in [1.165, 1.54) is 0 Å². The van der Waals surface area contributed by atoms with Crippen LogP contribution in [0.3, 0.4) is 0 Å². The van der Waals surface area contributed by atoms with Crippen molar-refractivity contribution in [3.63, 3.8) is 0 Å². The predicted molar refractivity (Wildman–Crippen MR) is 157 cm³/mol. The van der Waals surface area contributed by atoms with Gasteiger partial charge in [-0.25, -0.2) is 4.98 Å². The molecule has 1 aliphatic heterocycles. The van der Waals surface area contributed by atoms with Crippen molar-refractivity contribution in [2.45, 2.75) is 33.1 Å². The Morgan fingerprint density at radius 3 is 2.30 bits per heavy atom. The second-order valence-electron chi connectivity index (χ2n) is 10.1. The van der Waals surface area contributed by atoms with Crippen LogP contribution < -0.4 is 14.5 Å². The molecule has 0 aliphatic carbocycles. The van der Waals surface area contributed by atoms with Gasteiger partial charge in [-0.15, -0.1) is 0 Å². The first-order chi connectivity index (χ1) is 19.3. The number of ether oxygens (including phenoxy) is 1. The molecule has 1 aliphatic rings. The van der Waals surface area contributed by atoms with Crippen LogP contribution in [-0.4, -0.2) is 89.9 Å². The molecule has 3 aromatic rings. The normalized spacial score (nSPS) is 13.2. The molecule has 1 aromatic carbocycles. The Kier molecular flexibility index (Phi) is 9.88. The van der Waals surface area contributed by atoms with E-state index in [9.17, 15) is 9.59 Å². The zero-order valence-corrected chi connectivity index (χ0v) is 23.9. The highest BCUT2D eigenvalue weighted by Crippen LogP contribution is 2.26. The van der Waals surface area contributed by atoms with Gasteiger partial charge in [0, 0.05) is 78.5 Å². The number of piperazine rings is 1. The van der Waals surface area contributed by atoms with Crippen molar-refractivity contribution in [2.24, 2.45) is 0 Å². The molecule has 3 heterocycles. The number of nitrogens with zero attached hydrogens (tertiary/aromatic N) is 7. The van der Waals surface area contributed by atoms with Crippen LogP contribution in [0.15, 0.2) is 55.0 Å². The number of hydrogen-bond donors (Lipinski definition) is 0. The van der Waals surface area contributed by atoms with Gasteiger partial charge in [-0.05, 0) is 36.2 Å². The van der Waals surface area contributed by atoms with Crippen molar-refractivity contribution in [1.82, 2.24) is 24.8 Å². The molecule has 2 aromatic heterocycles. The lowest BCUT2D eigenvalue weighted by Gasteiger charge is -2.35. The molecule has 212 valence electrons. The van der Waals surface area contributed by atoms with Gasteiger partial charge >= 0.3 is 0 Å². The molecule has 0 spiro atoms. The van der Waals surface area contributed by atoms with Crippen molar-refractivity contribution >= 4 is 23.5 Å². The highest BCUT2D eigenvalue weighted by molar-refractivity contribution is 5.76. The minimum Gasteiger partial charge on any atom is -0.437 e. The summed E-state index contributed by atoms with van der Waals surface area (Å²) in [5.41, 5.74) is 2.05. The lowest BCUT2D eigenvalue weighted by Crippen LogP contribution is -2.49. The van der Waals surface area contributed by atoms with E-state index in [0.717, 1.165) is 56.0 Å². The molecule has 0 bridgehead atoms. The fourth-order valence-corrected chi connectivity index (χ4v) is 4.39. The molecule has 1 fully saturated rings. The van der Waals surface area contributed by atoms with Crippen molar-refractivity contribution in [3.8, 4) is 22.8 Å². The topological polar surface area (TPSA) is 95.0 Å². The van der Waals surface area contributed by atoms with E-state index in [0.29, 0.717) is 37.0 Å². The molecule has 4 rings (SSSR count). The number of anilines is 2. The maximum absolute atomic E-state index is 12.3. The minimum atomic E-state index is 0.0250. The number of unbranched alkanes of at least 4 members (excludes halogenated alkanes) is 1. The molecule has 1 saturated heterocycles. The van der Waals surface area contributed by atoms with Crippen LogP contribution in [0.2, 0.25) is 0 Å². The van der Waals surface area contributed by atoms with E-state index >= 15 is 0 Å². The van der Waals surface area contributed by atoms with Crippen LogP contribution >= 0.6 is 0 Å². The number of pyridine rings is 1. The van der Waals surface area contributed by atoms with Crippen LogP contribution in [-0.2, 0) is 9.59 Å². The molecule has 0 atom stereocenters. The Labute approximate surface area is 236 Å². The second kappa shape index (κ2) is 13.7. The second-order valence-corrected chi connectivity index (χ2v) is 10.1. The van der Waals surface area contributed by atoms with E-state index in [1.807, 2.05) is 53.4 Å². The molecule has 0 saturated carbocycles. The number of likely N-dealkylation sites (N-methyl/N-ethyl adjacent to an activating group) is 2. The molecule has 2 amide bonds. The fraction of sp³-hybridized carbons (Fsp3) is 0.433. The number of carbonyl (C=O) groups is 2. The van der Waals surface area contributed by atoms with E-state index in [1.54, 1.807) is 31.3 Å². The molecular weight excluding hydrogens is 506 g/mol. The third-order valence-corrected chi connectivity index (χ3v) is 7.16. The van der Waals surface area contributed by atoms with Crippen LogP contribution in [0, 0.1) is 0 Å². The number of aromatic nitrogens is 3. The highest BCUT2D eigenvalue weighted by atomic mass is 16.5. The minimum absolute atomic E-state index is 0.0250. The zero-order chi connectivity index (χ0) is 28.5. The summed E-state index contributed by atoms with van der Waals surface area (Å²) < 4.78 is 5.95. The predicted octanol–water partition coefficient (Wildman–Crippen LogP) is 4.08. The average Bonchev–Trinajstić information content (AvgIpc) is 2.99. The average molecular weight is 546 g/mol. The van der Waals surface area contributed by atoms with Crippen molar-refractivity contribution in [2.75, 3.05) is 63.2 Å². The molecule has 0 radical (unpaired) electrons. The van der Waals surface area contributed by atoms with Gasteiger partial charge in [0.25, 0.3) is 0 Å². The van der Waals surface area contributed by atoms with Crippen LogP contribution in [0.25, 0.3) is 11.1 Å². The van der Waals surface area contributed by atoms with Gasteiger partial charge in [0.05, 0.1) is 12.4 Å². The lowest BCUT2D eigenvalue weighted by molar-refractivity contribution is -0.131. The quantitative estimate of drug-likeness (QED) is 0.356. The summed E-state index contributed by atoms with van der Waals surface area (Å²) in [6, 6.07) is 11.9. The van der Waals surface area contributed by atoms with Crippen molar-refractivity contribution in [3.05, 3.63) is 55.0 Å². The largest absolute Gasteiger partial charge is 0.437 e. The summed E-state index contributed by atoms with van der Waals surface area (Å²) in [6.45, 7) is 7.96. The summed E-state index contributed by atoms with van der Waals surface area (Å²) in [5, 5.41) is 0. The Morgan fingerprint density at radius 2 is 1.65 bits per heavy atom. The van der Waals surface area contributed by atoms with E-state index < -0.39 is 0 Å². The number of hydrogen-bond acceptors (Lipinski definition) is 8. The zero-order valence-electron chi connectivity index (χ0n) is 23.9. The lowest BCUT2D eigenvalue weighted by atomic mass is 10.1. The monoisotopic (exact) mass is 545 g/mol. The van der Waals surface area contributed by atoms with E-state index in [-0.39, 0.29) is 11.8 Å². The van der Waals surface area contributed by atoms with Gasteiger partial charge in [-0.2, -0.15) is 4.98 Å². The smallest absolute Gasteiger partial charge is 0.239 e. The first-order valence-corrected chi connectivity index (χ1v) is 13.9. The van der Waals surface area contributed by atoms with Gasteiger partial charge in [0.1, 0.15) is 11.6 Å². The SMILES string of the molecule is CCCCC(=O)N1CCN(c2ccc(-c3ccc(Oc4cncc(N(C)CCN(C)C(C)=O)n4)cc3)cn2)CC1. The molecule has 10 heteroatoms. The van der Waals surface area contributed by atoms with Crippen LogP contribution in [0.4, 0.5) is 11.6 Å². The van der Waals surface area contributed by atoms with Crippen molar-refractivity contribution in [1.29, 1.82) is 0 Å². The van der Waals surface area contributed by atoms with Gasteiger partial charge in [-0.1, -0.05) is 25.5 Å². The number of amides is 2. The summed E-state index contributed by atoms with van der Waals surface area (Å²) >= 11 is 0. The molecule has 0 N–H and O–H groups in total. The summed E-state index contributed by atoms with van der Waals surface area (Å²) in [6.07, 6.45) is 7.78. The van der Waals surface area contributed by atoms with Crippen molar-refractivity contribution < 1.29 is 14.3 Å². The summed E-state index contributed by atoms with van der Waals surface area (Å²) in [7, 11) is 3.68. The number of carbonyl (C=O) groups excluding carboxylic acids is 2. The fourth-order valence-electron chi connectivity index (χ4n) is 4.39. The Balaban J connectivity index is 1.31. The first kappa shape index (κ1) is 28.8. The van der Waals surface area contributed by atoms with Crippen LogP contribution in [0.5, 0.6) is 11.6 Å². The highest BCUT2D eigenvalue weighted by Gasteiger charge is 2.21. The van der Waals surface area contributed by atoms with Gasteiger partial charge < -0.3 is 24.3 Å². The molecule has 10 nitrogen and oxygen atoms in total. The summed E-state index contributed by atoms with van der Waals surface area (Å²) in [4.78, 5) is 45.1. The van der Waals surface area contributed by atoms with Crippen LogP contribution in [0.1, 0.15) is 33.1 Å². The van der Waals surface area contributed by atoms with Gasteiger partial charge in [-0.3, -0.25) is 14.6 Å². The molecular formula is C30H39N7O3. The number of benzene rings is 1. The number of rotatable bonds is 11. The third kappa shape index (κ3) is 7.68. The Morgan fingerprint density at radius 1 is 0.925 bits per heavy atom. The molecule has 0 unspecified atom stereocenters. The maximum atomic E-state index is 12.3. The van der Waals surface area contributed by atoms with Gasteiger partial charge in [0.15, 0.2) is 5.82 Å². The van der Waals surface area contributed by atoms with E-state index in [2.05, 4.69) is 27.9 Å². The van der Waals surface area contributed by atoms with Gasteiger partial charge in [0.2, 0.25) is 17.7 Å².